The molecule has 0 aliphatic carbocycles. The SMILES string of the molecule is CCc1cnc(CNCc2ccccc2C#N)o1. The minimum Gasteiger partial charge on any atom is -0.444 e. The molecule has 0 spiro atoms. The Bertz CT molecular complexity index is 554. The minimum atomic E-state index is 0.569. The Labute approximate surface area is 106 Å². The van der Waals surface area contributed by atoms with Crippen molar-refractivity contribution in [1.29, 1.82) is 5.26 Å². The highest BCUT2D eigenvalue weighted by Gasteiger charge is 2.03. The van der Waals surface area contributed by atoms with Crippen LogP contribution in [0.5, 0.6) is 0 Å². The van der Waals surface area contributed by atoms with Gasteiger partial charge < -0.3 is 9.73 Å². The Kier molecular flexibility index (Phi) is 4.11. The molecule has 4 nitrogen and oxygen atoms in total. The molecule has 1 N–H and O–H groups in total. The van der Waals surface area contributed by atoms with Gasteiger partial charge in [0.2, 0.25) is 5.89 Å². The Morgan fingerprint density at radius 2 is 2.17 bits per heavy atom. The highest BCUT2D eigenvalue weighted by Crippen LogP contribution is 2.08. The van der Waals surface area contributed by atoms with Gasteiger partial charge in [0.25, 0.3) is 0 Å². The van der Waals surface area contributed by atoms with Crippen LogP contribution in [0.1, 0.15) is 29.7 Å². The van der Waals surface area contributed by atoms with Crippen LogP contribution in [0.15, 0.2) is 34.9 Å². The summed E-state index contributed by atoms with van der Waals surface area (Å²) in [5.41, 5.74) is 1.69. The second-order valence-electron chi connectivity index (χ2n) is 3.95. The van der Waals surface area contributed by atoms with Crippen LogP contribution in [0.4, 0.5) is 0 Å². The van der Waals surface area contributed by atoms with E-state index in [-0.39, 0.29) is 0 Å². The molecule has 0 amide bonds. The summed E-state index contributed by atoms with van der Waals surface area (Å²) in [5.74, 6) is 1.57. The molecule has 1 aromatic carbocycles. The molecule has 2 aromatic rings. The van der Waals surface area contributed by atoms with Crippen LogP contribution in [-0.4, -0.2) is 4.98 Å². The molecule has 0 saturated carbocycles. The summed E-state index contributed by atoms with van der Waals surface area (Å²) in [6.45, 7) is 3.23. The van der Waals surface area contributed by atoms with Crippen molar-refractivity contribution in [3.63, 3.8) is 0 Å². The lowest BCUT2D eigenvalue weighted by molar-refractivity contribution is 0.439. The molecule has 2 rings (SSSR count). The largest absolute Gasteiger partial charge is 0.444 e. The van der Waals surface area contributed by atoms with Crippen LogP contribution in [0.3, 0.4) is 0 Å². The van der Waals surface area contributed by atoms with Gasteiger partial charge in [-0.2, -0.15) is 5.26 Å². The van der Waals surface area contributed by atoms with Crippen molar-refractivity contribution in [2.45, 2.75) is 26.4 Å². The average Bonchev–Trinajstić information content (AvgIpc) is 2.87. The zero-order chi connectivity index (χ0) is 12.8. The molecule has 0 unspecified atom stereocenters. The van der Waals surface area contributed by atoms with E-state index >= 15 is 0 Å². The van der Waals surface area contributed by atoms with Gasteiger partial charge in [0.1, 0.15) is 5.76 Å². The topological polar surface area (TPSA) is 61.9 Å². The van der Waals surface area contributed by atoms with Crippen molar-refractivity contribution in [1.82, 2.24) is 10.3 Å². The van der Waals surface area contributed by atoms with E-state index in [1.54, 1.807) is 6.20 Å². The third-order valence-corrected chi connectivity index (χ3v) is 2.68. The fraction of sp³-hybridized carbons (Fsp3) is 0.286. The first-order chi connectivity index (χ1) is 8.83. The van der Waals surface area contributed by atoms with Crippen molar-refractivity contribution in [2.75, 3.05) is 0 Å². The lowest BCUT2D eigenvalue weighted by Crippen LogP contribution is -2.13. The van der Waals surface area contributed by atoms with Gasteiger partial charge in [-0.3, -0.25) is 0 Å². The fourth-order valence-electron chi connectivity index (χ4n) is 1.68. The van der Waals surface area contributed by atoms with E-state index < -0.39 is 0 Å². The number of rotatable bonds is 5. The zero-order valence-corrected chi connectivity index (χ0v) is 10.3. The smallest absolute Gasteiger partial charge is 0.208 e. The molecular weight excluding hydrogens is 226 g/mol. The predicted octanol–water partition coefficient (Wildman–Crippen LogP) is 2.40. The summed E-state index contributed by atoms with van der Waals surface area (Å²) in [5, 5.41) is 12.2. The summed E-state index contributed by atoms with van der Waals surface area (Å²) in [7, 11) is 0. The van der Waals surface area contributed by atoms with E-state index in [2.05, 4.69) is 16.4 Å². The van der Waals surface area contributed by atoms with Crippen LogP contribution in [0, 0.1) is 11.3 Å². The van der Waals surface area contributed by atoms with Crippen molar-refractivity contribution in [3.8, 4) is 6.07 Å². The summed E-state index contributed by atoms with van der Waals surface area (Å²) < 4.78 is 5.49. The molecular formula is C14H15N3O. The molecule has 0 bridgehead atoms. The average molecular weight is 241 g/mol. The normalized spacial score (nSPS) is 10.2. The number of benzene rings is 1. The summed E-state index contributed by atoms with van der Waals surface area (Å²) >= 11 is 0. The van der Waals surface area contributed by atoms with Gasteiger partial charge in [-0.15, -0.1) is 0 Å². The molecule has 18 heavy (non-hydrogen) atoms. The van der Waals surface area contributed by atoms with Crippen molar-refractivity contribution >= 4 is 0 Å². The van der Waals surface area contributed by atoms with E-state index in [0.29, 0.717) is 24.5 Å². The van der Waals surface area contributed by atoms with E-state index in [0.717, 1.165) is 17.7 Å². The van der Waals surface area contributed by atoms with Gasteiger partial charge in [-0.05, 0) is 11.6 Å². The number of oxazole rings is 1. The number of nitriles is 1. The number of nitrogens with one attached hydrogen (secondary N) is 1. The summed E-state index contributed by atoms with van der Waals surface area (Å²) in [4.78, 5) is 4.17. The van der Waals surface area contributed by atoms with Gasteiger partial charge in [0.15, 0.2) is 0 Å². The van der Waals surface area contributed by atoms with E-state index in [9.17, 15) is 0 Å². The number of nitrogens with zero attached hydrogens (tertiary/aromatic N) is 2. The predicted molar refractivity (Wildman–Crippen MR) is 67.6 cm³/mol. The Balaban J connectivity index is 1.90. The third kappa shape index (κ3) is 2.96. The first kappa shape index (κ1) is 12.3. The van der Waals surface area contributed by atoms with Crippen LogP contribution in [0.25, 0.3) is 0 Å². The van der Waals surface area contributed by atoms with Gasteiger partial charge in [0, 0.05) is 13.0 Å². The second kappa shape index (κ2) is 5.99. The highest BCUT2D eigenvalue weighted by atomic mass is 16.4. The van der Waals surface area contributed by atoms with Crippen LogP contribution in [-0.2, 0) is 19.5 Å². The summed E-state index contributed by atoms with van der Waals surface area (Å²) in [6.07, 6.45) is 2.60. The van der Waals surface area contributed by atoms with Crippen LogP contribution < -0.4 is 5.32 Å². The maximum absolute atomic E-state index is 8.96. The fourth-order valence-corrected chi connectivity index (χ4v) is 1.68. The lowest BCUT2D eigenvalue weighted by Gasteiger charge is -2.04. The van der Waals surface area contributed by atoms with Gasteiger partial charge >= 0.3 is 0 Å². The standard InChI is InChI=1S/C14H15N3O/c1-2-13-9-17-14(18-13)10-16-8-12-6-4-3-5-11(12)7-15/h3-6,9,16H,2,8,10H2,1H3. The number of hydrogen-bond acceptors (Lipinski definition) is 4. The minimum absolute atomic E-state index is 0.569. The molecule has 4 heteroatoms. The van der Waals surface area contributed by atoms with Crippen LogP contribution in [0.2, 0.25) is 0 Å². The number of aromatic nitrogens is 1. The van der Waals surface area contributed by atoms with Gasteiger partial charge in [0.05, 0.1) is 24.4 Å². The lowest BCUT2D eigenvalue weighted by atomic mass is 10.1. The van der Waals surface area contributed by atoms with Crippen molar-refractivity contribution in [2.24, 2.45) is 0 Å². The Hall–Kier alpha value is -2.12. The first-order valence-corrected chi connectivity index (χ1v) is 5.95. The van der Waals surface area contributed by atoms with Crippen LogP contribution >= 0.6 is 0 Å². The molecule has 0 aliphatic rings. The Morgan fingerprint density at radius 3 is 2.89 bits per heavy atom. The quantitative estimate of drug-likeness (QED) is 0.873. The molecule has 0 saturated heterocycles. The van der Waals surface area contributed by atoms with Gasteiger partial charge in [-0.1, -0.05) is 25.1 Å². The molecule has 92 valence electrons. The van der Waals surface area contributed by atoms with Gasteiger partial charge in [-0.25, -0.2) is 4.98 Å². The maximum atomic E-state index is 8.96. The molecule has 0 radical (unpaired) electrons. The molecule has 1 heterocycles. The van der Waals surface area contributed by atoms with E-state index in [1.165, 1.54) is 0 Å². The number of hydrogen-bond donors (Lipinski definition) is 1. The van der Waals surface area contributed by atoms with E-state index in [1.807, 2.05) is 31.2 Å². The first-order valence-electron chi connectivity index (χ1n) is 5.95. The molecule has 0 atom stereocenters. The molecule has 1 aromatic heterocycles. The maximum Gasteiger partial charge on any atom is 0.208 e. The Morgan fingerprint density at radius 1 is 1.33 bits per heavy atom. The van der Waals surface area contributed by atoms with Crippen molar-refractivity contribution < 1.29 is 4.42 Å². The second-order valence-corrected chi connectivity index (χ2v) is 3.95. The summed E-state index contributed by atoms with van der Waals surface area (Å²) in [6, 6.07) is 9.73. The molecule has 0 fully saturated rings. The van der Waals surface area contributed by atoms with E-state index in [4.69, 9.17) is 9.68 Å². The highest BCUT2D eigenvalue weighted by molar-refractivity contribution is 5.37. The monoisotopic (exact) mass is 241 g/mol. The van der Waals surface area contributed by atoms with Crippen molar-refractivity contribution in [3.05, 3.63) is 53.2 Å². The zero-order valence-electron chi connectivity index (χ0n) is 10.3. The third-order valence-electron chi connectivity index (χ3n) is 2.68. The molecule has 0 aliphatic heterocycles. The number of aryl methyl sites for hydroxylation is 1.